The molecular formula is C24H20ClN3O8S. The summed E-state index contributed by atoms with van der Waals surface area (Å²) in [5.41, 5.74) is -0.951. The molecule has 2 amide bonds. The van der Waals surface area contributed by atoms with Gasteiger partial charge in [-0.1, -0.05) is 41.9 Å². The van der Waals surface area contributed by atoms with Gasteiger partial charge in [-0.05, 0) is 24.6 Å². The molecular weight excluding hydrogens is 526 g/mol. The zero-order valence-corrected chi connectivity index (χ0v) is 20.8. The highest BCUT2D eigenvalue weighted by Crippen LogP contribution is 2.41. The number of fused-ring (bicyclic) bond motifs is 1. The van der Waals surface area contributed by atoms with Crippen LogP contribution in [0.3, 0.4) is 0 Å². The number of aliphatic carboxylic acids is 1. The summed E-state index contributed by atoms with van der Waals surface area (Å²) in [4.78, 5) is 68.2. The molecule has 1 aromatic rings. The van der Waals surface area contributed by atoms with Crippen LogP contribution < -0.4 is 5.32 Å². The number of aliphatic hydroxyl groups is 1. The predicted molar refractivity (Wildman–Crippen MR) is 133 cm³/mol. The van der Waals surface area contributed by atoms with Crippen LogP contribution in [-0.4, -0.2) is 74.1 Å². The molecule has 3 N–H and O–H groups in total. The van der Waals surface area contributed by atoms with Crippen LogP contribution in [-0.2, 0) is 28.7 Å². The number of β-lactam (4-membered cyclic amide) rings is 1. The van der Waals surface area contributed by atoms with Gasteiger partial charge in [-0.15, -0.1) is 11.8 Å². The molecule has 1 fully saturated rings. The Morgan fingerprint density at radius 3 is 2.59 bits per heavy atom. The number of amides is 2. The molecule has 1 aromatic carbocycles. The second-order valence-electron chi connectivity index (χ2n) is 7.92. The Kier molecular flexibility index (Phi) is 7.50. The summed E-state index contributed by atoms with van der Waals surface area (Å²) in [6, 6.07) is 5.65. The lowest BCUT2D eigenvalue weighted by Gasteiger charge is -2.48. The number of carboxylic acids is 1. The summed E-state index contributed by atoms with van der Waals surface area (Å²) in [5, 5.41) is 21.6. The molecule has 1 aliphatic carbocycles. The number of hydrogen-bond donors (Lipinski definition) is 3. The lowest BCUT2D eigenvalue weighted by atomic mass is 9.98. The van der Waals surface area contributed by atoms with Crippen molar-refractivity contribution in [1.29, 1.82) is 0 Å². The summed E-state index contributed by atoms with van der Waals surface area (Å²) in [5.74, 6) is -4.92. The number of nitrogens with one attached hydrogen (secondary N) is 1. The molecule has 0 aromatic heterocycles. The minimum atomic E-state index is -1.39. The number of carbonyl (C=O) groups is 5. The second-order valence-corrected chi connectivity index (χ2v) is 9.49. The first-order chi connectivity index (χ1) is 17.6. The van der Waals surface area contributed by atoms with E-state index in [0.717, 1.165) is 17.1 Å². The largest absolute Gasteiger partial charge is 0.507 e. The van der Waals surface area contributed by atoms with Crippen LogP contribution in [0, 0.1) is 0 Å². The minimum absolute atomic E-state index is 0.0161. The number of carbonyl (C=O) groups excluding carboxylic acids is 4. The maximum absolute atomic E-state index is 13.4. The van der Waals surface area contributed by atoms with E-state index in [0.29, 0.717) is 5.56 Å². The Labute approximate surface area is 219 Å². The van der Waals surface area contributed by atoms with E-state index in [4.69, 9.17) is 16.3 Å². The molecule has 0 bridgehead atoms. The first kappa shape index (κ1) is 26.2. The Morgan fingerprint density at radius 2 is 1.95 bits per heavy atom. The lowest BCUT2D eigenvalue weighted by Crippen LogP contribution is -2.70. The van der Waals surface area contributed by atoms with Crippen molar-refractivity contribution in [2.24, 2.45) is 4.99 Å². The molecule has 3 aliphatic rings. The van der Waals surface area contributed by atoms with Gasteiger partial charge >= 0.3 is 11.9 Å². The third-order valence-corrected chi connectivity index (χ3v) is 7.39. The fourth-order valence-electron chi connectivity index (χ4n) is 3.96. The highest BCUT2D eigenvalue weighted by molar-refractivity contribution is 8.00. The number of esters is 1. The topological polar surface area (TPSA) is 163 Å². The smallest absolute Gasteiger partial charge is 0.353 e. The SMILES string of the molecule is CCOC(=O)C1=C(O)C=CC(=O)C1=N[C@@H](C(=O)N[C@@H]1C(=O)N2C(C(=O)O)=C(Cl)CS[C@H]12)c1ccccc1. The van der Waals surface area contributed by atoms with Crippen LogP contribution in [0.2, 0.25) is 0 Å². The Bertz CT molecular complexity index is 1320. The molecule has 2 aliphatic heterocycles. The van der Waals surface area contributed by atoms with Gasteiger partial charge in [-0.25, -0.2) is 9.59 Å². The maximum Gasteiger partial charge on any atom is 0.353 e. The van der Waals surface area contributed by atoms with Crippen LogP contribution >= 0.6 is 23.4 Å². The quantitative estimate of drug-likeness (QED) is 0.262. The van der Waals surface area contributed by atoms with Gasteiger partial charge in [-0.3, -0.25) is 24.3 Å². The average Bonchev–Trinajstić information content (AvgIpc) is 2.87. The first-order valence-corrected chi connectivity index (χ1v) is 12.4. The number of thioether (sulfide) groups is 1. The Morgan fingerprint density at radius 1 is 1.24 bits per heavy atom. The number of hydrogen-bond acceptors (Lipinski definition) is 9. The Balaban J connectivity index is 1.67. The van der Waals surface area contributed by atoms with Gasteiger partial charge < -0.3 is 20.3 Å². The number of rotatable bonds is 7. The van der Waals surface area contributed by atoms with Crippen LogP contribution in [0.15, 0.2) is 69.5 Å². The summed E-state index contributed by atoms with van der Waals surface area (Å²) >= 11 is 7.18. The predicted octanol–water partition coefficient (Wildman–Crippen LogP) is 1.62. The molecule has 0 saturated carbocycles. The van der Waals surface area contributed by atoms with Crippen LogP contribution in [0.25, 0.3) is 0 Å². The van der Waals surface area contributed by atoms with Crippen LogP contribution in [0.1, 0.15) is 18.5 Å². The fourth-order valence-corrected chi connectivity index (χ4v) is 5.51. The number of aliphatic imine (C=N–C) groups is 1. The van der Waals surface area contributed by atoms with Crippen molar-refractivity contribution in [1.82, 2.24) is 10.2 Å². The van der Waals surface area contributed by atoms with Gasteiger partial charge in [0.05, 0.1) is 11.6 Å². The molecule has 0 spiro atoms. The molecule has 1 saturated heterocycles. The molecule has 4 rings (SSSR count). The van der Waals surface area contributed by atoms with Crippen molar-refractivity contribution in [3.05, 3.63) is 70.1 Å². The zero-order valence-electron chi connectivity index (χ0n) is 19.2. The molecule has 192 valence electrons. The van der Waals surface area contributed by atoms with Gasteiger partial charge in [0, 0.05) is 5.75 Å². The van der Waals surface area contributed by atoms with Crippen molar-refractivity contribution in [2.75, 3.05) is 12.4 Å². The second kappa shape index (κ2) is 10.6. The van der Waals surface area contributed by atoms with E-state index in [1.54, 1.807) is 37.3 Å². The summed E-state index contributed by atoms with van der Waals surface area (Å²) < 4.78 is 4.94. The zero-order chi connectivity index (χ0) is 26.9. The van der Waals surface area contributed by atoms with Gasteiger partial charge in [0.15, 0.2) is 6.04 Å². The minimum Gasteiger partial charge on any atom is -0.507 e. The van der Waals surface area contributed by atoms with E-state index >= 15 is 0 Å². The fraction of sp³-hybridized carbons (Fsp3) is 0.250. The summed E-state index contributed by atoms with van der Waals surface area (Å²) in [7, 11) is 0. The van der Waals surface area contributed by atoms with Crippen molar-refractivity contribution in [3.8, 4) is 0 Å². The highest BCUT2D eigenvalue weighted by atomic mass is 35.5. The standard InChI is InChI=1S/C24H20ClN3O8S/c1-2-36-24(35)15-13(29)8-9-14(30)17(15)26-16(11-6-4-3-5-7-11)20(31)27-18-21(32)28-19(23(33)34)12(25)10-37-22(18)28/h3-9,16,18,22,29H,2,10H2,1H3,(H,27,31)(H,33,34)/t16-,18-,22-/m1/s1. The Hall–Kier alpha value is -3.90. The number of nitrogens with zero attached hydrogens (tertiary/aromatic N) is 2. The maximum atomic E-state index is 13.4. The van der Waals surface area contributed by atoms with E-state index in [9.17, 15) is 34.2 Å². The number of benzene rings is 1. The normalized spacial score (nSPS) is 23.0. The third-order valence-electron chi connectivity index (χ3n) is 5.64. The van der Waals surface area contributed by atoms with Crippen molar-refractivity contribution in [3.63, 3.8) is 0 Å². The summed E-state index contributed by atoms with van der Waals surface area (Å²) in [6.07, 6.45) is 2.04. The van der Waals surface area contributed by atoms with Crippen molar-refractivity contribution in [2.45, 2.75) is 24.4 Å². The molecule has 13 heteroatoms. The first-order valence-electron chi connectivity index (χ1n) is 11.0. The van der Waals surface area contributed by atoms with E-state index in [-0.39, 0.29) is 23.1 Å². The number of allylic oxidation sites excluding steroid dienone is 2. The molecule has 11 nitrogen and oxygen atoms in total. The number of ketones is 1. The van der Waals surface area contributed by atoms with Crippen molar-refractivity contribution >= 4 is 58.6 Å². The number of ether oxygens (including phenoxy) is 1. The van der Waals surface area contributed by atoms with Crippen molar-refractivity contribution < 1.29 is 38.9 Å². The highest BCUT2D eigenvalue weighted by Gasteiger charge is 2.54. The van der Waals surface area contributed by atoms with Gasteiger partial charge in [0.25, 0.3) is 5.91 Å². The molecule has 0 radical (unpaired) electrons. The van der Waals surface area contributed by atoms with E-state index in [1.165, 1.54) is 11.8 Å². The van der Waals surface area contributed by atoms with Crippen LogP contribution in [0.5, 0.6) is 0 Å². The summed E-state index contributed by atoms with van der Waals surface area (Å²) in [6.45, 7) is 1.52. The number of aliphatic hydroxyl groups excluding tert-OH is 1. The van der Waals surface area contributed by atoms with Gasteiger partial charge in [0.2, 0.25) is 11.7 Å². The molecule has 37 heavy (non-hydrogen) atoms. The molecule has 2 heterocycles. The van der Waals surface area contributed by atoms with E-state index in [1.807, 2.05) is 0 Å². The van der Waals surface area contributed by atoms with Crippen LogP contribution in [0.4, 0.5) is 0 Å². The molecule has 3 atom stereocenters. The average molecular weight is 546 g/mol. The van der Waals surface area contributed by atoms with E-state index in [2.05, 4.69) is 10.3 Å². The monoisotopic (exact) mass is 545 g/mol. The molecule has 0 unspecified atom stereocenters. The van der Waals surface area contributed by atoms with Gasteiger partial charge in [-0.2, -0.15) is 0 Å². The lowest BCUT2D eigenvalue weighted by molar-refractivity contribution is -0.150. The van der Waals surface area contributed by atoms with Gasteiger partial charge in [0.1, 0.15) is 34.2 Å². The number of carboxylic acid groups (broad SMARTS) is 1. The number of halogens is 1. The third kappa shape index (κ3) is 4.89. The van der Waals surface area contributed by atoms with E-state index < -0.39 is 64.0 Å².